The minimum Gasteiger partial charge on any atom is -0.291 e. The first kappa shape index (κ1) is 17.7. The van der Waals surface area contributed by atoms with Crippen LogP contribution in [0.4, 0.5) is 0 Å². The molecular weight excluding hydrogens is 322 g/mol. The summed E-state index contributed by atoms with van der Waals surface area (Å²) in [6.45, 7) is 9.05. The molecule has 1 aromatic carbocycles. The van der Waals surface area contributed by atoms with Gasteiger partial charge in [0.25, 0.3) is 0 Å². The predicted molar refractivity (Wildman–Crippen MR) is 103 cm³/mol. The van der Waals surface area contributed by atoms with E-state index < -0.39 is 0 Å². The minimum absolute atomic E-state index is 0.00878. The molecule has 5 nitrogen and oxygen atoms in total. The molecule has 1 aliphatic carbocycles. The first-order chi connectivity index (χ1) is 12.6. The van der Waals surface area contributed by atoms with Crippen molar-refractivity contribution in [3.8, 4) is 5.69 Å². The Morgan fingerprint density at radius 2 is 1.65 bits per heavy atom. The number of para-hydroxylation sites is 1. The number of hydrogen-bond acceptors (Lipinski definition) is 4. The molecule has 1 aliphatic heterocycles. The van der Waals surface area contributed by atoms with E-state index >= 15 is 0 Å². The average Bonchev–Trinajstić information content (AvgIpc) is 3.13. The van der Waals surface area contributed by atoms with Crippen molar-refractivity contribution >= 4 is 0 Å². The maximum absolute atomic E-state index is 4.63. The summed E-state index contributed by atoms with van der Waals surface area (Å²) in [5.41, 5.74) is 3.61. The zero-order valence-electron chi connectivity index (χ0n) is 16.4. The van der Waals surface area contributed by atoms with Gasteiger partial charge in [0.05, 0.1) is 11.2 Å². The van der Waals surface area contributed by atoms with Gasteiger partial charge in [-0.05, 0) is 92.9 Å². The first-order valence-corrected chi connectivity index (χ1v) is 10.2. The van der Waals surface area contributed by atoms with Crippen LogP contribution in [0.1, 0.15) is 68.8 Å². The molecule has 0 amide bonds. The summed E-state index contributed by atoms with van der Waals surface area (Å²) in [6.07, 6.45) is 8.79. The lowest BCUT2D eigenvalue weighted by atomic mass is 9.74. The third-order valence-electron chi connectivity index (χ3n) is 6.60. The number of hydrogen-bond donors (Lipinski definition) is 0. The molecule has 1 saturated heterocycles. The van der Waals surface area contributed by atoms with E-state index in [-0.39, 0.29) is 5.54 Å². The highest BCUT2D eigenvalue weighted by molar-refractivity contribution is 5.47. The van der Waals surface area contributed by atoms with E-state index in [0.29, 0.717) is 0 Å². The topological polar surface area (TPSA) is 46.8 Å². The largest absolute Gasteiger partial charge is 0.291 e. The van der Waals surface area contributed by atoms with Gasteiger partial charge in [0, 0.05) is 0 Å². The molecule has 1 saturated carbocycles. The number of nitrogens with zero attached hydrogens (tertiary/aromatic N) is 5. The van der Waals surface area contributed by atoms with E-state index in [1.807, 2.05) is 0 Å². The van der Waals surface area contributed by atoms with Gasteiger partial charge in [-0.25, -0.2) is 0 Å². The molecule has 1 aromatic heterocycles. The third-order valence-corrected chi connectivity index (χ3v) is 6.60. The Morgan fingerprint density at radius 3 is 2.31 bits per heavy atom. The average molecular weight is 354 g/mol. The molecule has 26 heavy (non-hydrogen) atoms. The first-order valence-electron chi connectivity index (χ1n) is 10.2. The number of likely N-dealkylation sites (tertiary alicyclic amines) is 1. The molecule has 2 aliphatic rings. The molecule has 0 spiro atoms. The zero-order chi connectivity index (χ0) is 18.1. The van der Waals surface area contributed by atoms with Crippen LogP contribution in [0.2, 0.25) is 0 Å². The van der Waals surface area contributed by atoms with Gasteiger partial charge in [-0.2, -0.15) is 4.68 Å². The van der Waals surface area contributed by atoms with Crippen LogP contribution in [0.5, 0.6) is 0 Å². The number of aryl methyl sites for hydroxylation is 2. The minimum atomic E-state index is -0.00878. The Labute approximate surface area is 156 Å². The van der Waals surface area contributed by atoms with Crippen molar-refractivity contribution in [3.05, 3.63) is 35.2 Å². The van der Waals surface area contributed by atoms with Crippen molar-refractivity contribution < 1.29 is 0 Å². The molecule has 4 rings (SSSR count). The van der Waals surface area contributed by atoms with Gasteiger partial charge in [-0.3, -0.25) is 4.90 Å². The summed E-state index contributed by atoms with van der Waals surface area (Å²) in [6, 6.07) is 6.43. The maximum Gasteiger partial charge on any atom is 0.176 e. The molecule has 140 valence electrons. The Morgan fingerprint density at radius 1 is 1.00 bits per heavy atom. The van der Waals surface area contributed by atoms with Gasteiger partial charge in [0.2, 0.25) is 0 Å². The molecule has 0 radical (unpaired) electrons. The van der Waals surface area contributed by atoms with E-state index in [1.165, 1.54) is 69.2 Å². The Balaban J connectivity index is 1.82. The van der Waals surface area contributed by atoms with Gasteiger partial charge in [0.1, 0.15) is 0 Å². The highest BCUT2D eigenvalue weighted by Gasteiger charge is 2.45. The van der Waals surface area contributed by atoms with E-state index in [4.69, 9.17) is 0 Å². The molecule has 2 heterocycles. The standard InChI is InChI=1S/C21H31N5/c1-16-10-12-21(13-11-16,25-14-5-4-6-15-25)20-22-23-24-26(20)19-17(2)8-7-9-18(19)3/h7-9,16H,4-6,10-15H2,1-3H3. The normalized spacial score (nSPS) is 27.6. The molecule has 0 unspecified atom stereocenters. The van der Waals surface area contributed by atoms with Crippen LogP contribution in [0, 0.1) is 19.8 Å². The predicted octanol–water partition coefficient (Wildman–Crippen LogP) is 4.17. The number of benzene rings is 1. The Kier molecular flexibility index (Phi) is 4.82. The summed E-state index contributed by atoms with van der Waals surface area (Å²) >= 11 is 0. The van der Waals surface area contributed by atoms with Crippen LogP contribution in [0.25, 0.3) is 5.69 Å². The number of piperidine rings is 1. The fourth-order valence-electron chi connectivity index (χ4n) is 5.01. The molecule has 0 bridgehead atoms. The number of tetrazole rings is 1. The van der Waals surface area contributed by atoms with Gasteiger partial charge in [0.15, 0.2) is 5.82 Å². The van der Waals surface area contributed by atoms with Crippen LogP contribution < -0.4 is 0 Å². The van der Waals surface area contributed by atoms with Crippen LogP contribution in [0.15, 0.2) is 18.2 Å². The van der Waals surface area contributed by atoms with Crippen molar-refractivity contribution in [1.29, 1.82) is 0 Å². The summed E-state index contributed by atoms with van der Waals surface area (Å²) in [4.78, 5) is 2.71. The molecule has 0 atom stereocenters. The molecule has 5 heteroatoms. The van der Waals surface area contributed by atoms with Crippen molar-refractivity contribution in [2.24, 2.45) is 5.92 Å². The van der Waals surface area contributed by atoms with Crippen LogP contribution in [-0.2, 0) is 5.54 Å². The molecular formula is C21H31N5. The van der Waals surface area contributed by atoms with Crippen molar-refractivity contribution in [3.63, 3.8) is 0 Å². The third kappa shape index (κ3) is 2.96. The fourth-order valence-corrected chi connectivity index (χ4v) is 5.01. The molecule has 2 aromatic rings. The highest BCUT2D eigenvalue weighted by atomic mass is 15.6. The lowest BCUT2D eigenvalue weighted by Crippen LogP contribution is -2.52. The maximum atomic E-state index is 4.63. The van der Waals surface area contributed by atoms with E-state index in [0.717, 1.165) is 17.4 Å². The van der Waals surface area contributed by atoms with Crippen molar-refractivity contribution in [1.82, 2.24) is 25.1 Å². The zero-order valence-corrected chi connectivity index (χ0v) is 16.4. The SMILES string of the molecule is Cc1cccc(C)c1-n1nnnc1C1(N2CCCCC2)CCC(C)CC1. The van der Waals surface area contributed by atoms with Gasteiger partial charge >= 0.3 is 0 Å². The second kappa shape index (κ2) is 7.10. The summed E-state index contributed by atoms with van der Waals surface area (Å²) in [5.74, 6) is 1.86. The van der Waals surface area contributed by atoms with E-state index in [1.54, 1.807) is 0 Å². The quantitative estimate of drug-likeness (QED) is 0.831. The van der Waals surface area contributed by atoms with Gasteiger partial charge in [-0.15, -0.1) is 5.10 Å². The van der Waals surface area contributed by atoms with Crippen LogP contribution in [0.3, 0.4) is 0 Å². The number of rotatable bonds is 3. The Hall–Kier alpha value is -1.75. The lowest BCUT2D eigenvalue weighted by molar-refractivity contribution is 0.0110. The smallest absolute Gasteiger partial charge is 0.176 e. The van der Waals surface area contributed by atoms with Crippen LogP contribution >= 0.6 is 0 Å². The second-order valence-electron chi connectivity index (χ2n) is 8.42. The highest BCUT2D eigenvalue weighted by Crippen LogP contribution is 2.45. The molecule has 2 fully saturated rings. The second-order valence-corrected chi connectivity index (χ2v) is 8.42. The van der Waals surface area contributed by atoms with Crippen molar-refractivity contribution in [2.75, 3.05) is 13.1 Å². The van der Waals surface area contributed by atoms with Crippen molar-refractivity contribution in [2.45, 2.75) is 71.3 Å². The van der Waals surface area contributed by atoms with Crippen LogP contribution in [-0.4, -0.2) is 38.2 Å². The van der Waals surface area contributed by atoms with Gasteiger partial charge < -0.3 is 0 Å². The summed E-state index contributed by atoms with van der Waals surface area (Å²) in [7, 11) is 0. The fraction of sp³-hybridized carbons (Fsp3) is 0.667. The van der Waals surface area contributed by atoms with Gasteiger partial charge in [-0.1, -0.05) is 31.5 Å². The van der Waals surface area contributed by atoms with E-state index in [2.05, 4.69) is 64.1 Å². The summed E-state index contributed by atoms with van der Waals surface area (Å²) < 4.78 is 2.05. The molecule has 0 N–H and O–H groups in total. The monoisotopic (exact) mass is 353 g/mol. The lowest BCUT2D eigenvalue weighted by Gasteiger charge is -2.48. The Bertz CT molecular complexity index is 731. The van der Waals surface area contributed by atoms with E-state index in [9.17, 15) is 0 Å². The summed E-state index contributed by atoms with van der Waals surface area (Å²) in [5, 5.41) is 13.3. The number of aromatic nitrogens is 4.